The zero-order valence-electron chi connectivity index (χ0n) is 9.42. The first-order chi connectivity index (χ1) is 8.36. The number of amides is 1. The minimum atomic E-state index is -4.58. The average Bonchev–Trinajstić information content (AvgIpc) is 3.07. The van der Waals surface area contributed by atoms with E-state index in [0.29, 0.717) is 18.5 Å². The summed E-state index contributed by atoms with van der Waals surface area (Å²) in [6.07, 6.45) is -2.51. The largest absolute Gasteiger partial charge is 0.508 e. The van der Waals surface area contributed by atoms with E-state index in [1.165, 1.54) is 0 Å². The summed E-state index contributed by atoms with van der Waals surface area (Å²) in [6, 6.07) is 2.36. The Kier molecular flexibility index (Phi) is 3.19. The molecule has 6 heteroatoms. The van der Waals surface area contributed by atoms with E-state index in [-0.39, 0.29) is 5.56 Å². The lowest BCUT2D eigenvalue weighted by Crippen LogP contribution is -2.25. The quantitative estimate of drug-likeness (QED) is 0.876. The molecule has 0 unspecified atom stereocenters. The summed E-state index contributed by atoms with van der Waals surface area (Å²) in [6.45, 7) is 0.468. The van der Waals surface area contributed by atoms with Crippen LogP contribution >= 0.6 is 0 Å². The Morgan fingerprint density at radius 1 is 1.33 bits per heavy atom. The van der Waals surface area contributed by atoms with Crippen LogP contribution in [-0.2, 0) is 6.18 Å². The van der Waals surface area contributed by atoms with Gasteiger partial charge in [0.25, 0.3) is 5.91 Å². The fourth-order valence-corrected chi connectivity index (χ4v) is 1.57. The Balaban J connectivity index is 2.15. The van der Waals surface area contributed by atoms with Crippen molar-refractivity contribution in [1.29, 1.82) is 0 Å². The van der Waals surface area contributed by atoms with Crippen LogP contribution in [0.25, 0.3) is 0 Å². The normalized spacial score (nSPS) is 15.5. The molecule has 0 radical (unpaired) electrons. The standard InChI is InChI=1S/C12H12F3NO2/c13-12(14,15)9-3-8(4-10(17)5-9)11(18)16-6-7-1-2-7/h3-5,7,17H,1-2,6H2,(H,16,18). The summed E-state index contributed by atoms with van der Waals surface area (Å²) in [4.78, 5) is 11.6. The van der Waals surface area contributed by atoms with Crippen LogP contribution < -0.4 is 5.32 Å². The van der Waals surface area contributed by atoms with Gasteiger partial charge in [-0.3, -0.25) is 4.79 Å². The molecule has 2 rings (SSSR count). The number of rotatable bonds is 3. The molecule has 98 valence electrons. The first-order valence-electron chi connectivity index (χ1n) is 5.56. The van der Waals surface area contributed by atoms with Crippen molar-refractivity contribution in [3.05, 3.63) is 29.3 Å². The van der Waals surface area contributed by atoms with Crippen LogP contribution in [0.2, 0.25) is 0 Å². The molecule has 1 amide bonds. The monoisotopic (exact) mass is 259 g/mol. The summed E-state index contributed by atoms with van der Waals surface area (Å²) < 4.78 is 37.5. The topological polar surface area (TPSA) is 49.3 Å². The predicted molar refractivity (Wildman–Crippen MR) is 58.2 cm³/mol. The molecule has 3 nitrogen and oxygen atoms in total. The van der Waals surface area contributed by atoms with Gasteiger partial charge in [0.15, 0.2) is 0 Å². The summed E-state index contributed by atoms with van der Waals surface area (Å²) >= 11 is 0. The van der Waals surface area contributed by atoms with Gasteiger partial charge in [-0.2, -0.15) is 13.2 Å². The van der Waals surface area contributed by atoms with Crippen molar-refractivity contribution in [3.8, 4) is 5.75 Å². The van der Waals surface area contributed by atoms with Crippen molar-refractivity contribution in [2.75, 3.05) is 6.54 Å². The van der Waals surface area contributed by atoms with Gasteiger partial charge in [-0.05, 0) is 37.0 Å². The van der Waals surface area contributed by atoms with E-state index < -0.39 is 23.4 Å². The van der Waals surface area contributed by atoms with Gasteiger partial charge >= 0.3 is 6.18 Å². The highest BCUT2D eigenvalue weighted by molar-refractivity contribution is 5.94. The van der Waals surface area contributed by atoms with Crippen molar-refractivity contribution in [2.45, 2.75) is 19.0 Å². The van der Waals surface area contributed by atoms with Gasteiger partial charge in [0, 0.05) is 12.1 Å². The molecule has 0 atom stereocenters. The molecule has 0 saturated heterocycles. The second-order valence-electron chi connectivity index (χ2n) is 4.42. The molecule has 0 spiro atoms. The molecule has 1 fully saturated rings. The zero-order valence-corrected chi connectivity index (χ0v) is 9.42. The third kappa shape index (κ3) is 3.15. The molecule has 18 heavy (non-hydrogen) atoms. The van der Waals surface area contributed by atoms with Crippen LogP contribution in [0, 0.1) is 5.92 Å². The zero-order chi connectivity index (χ0) is 13.3. The van der Waals surface area contributed by atoms with Crippen molar-refractivity contribution in [1.82, 2.24) is 5.32 Å². The smallest absolute Gasteiger partial charge is 0.416 e. The van der Waals surface area contributed by atoms with Gasteiger partial charge in [0.1, 0.15) is 5.75 Å². The number of hydrogen-bond acceptors (Lipinski definition) is 2. The van der Waals surface area contributed by atoms with Gasteiger partial charge in [-0.1, -0.05) is 0 Å². The maximum atomic E-state index is 12.5. The minimum absolute atomic E-state index is 0.178. The number of carbonyl (C=O) groups excluding carboxylic acids is 1. The van der Waals surface area contributed by atoms with Crippen molar-refractivity contribution >= 4 is 5.91 Å². The number of aromatic hydroxyl groups is 1. The first-order valence-corrected chi connectivity index (χ1v) is 5.56. The molecular formula is C12H12F3NO2. The first kappa shape index (κ1) is 12.7. The van der Waals surface area contributed by atoms with Crippen molar-refractivity contribution in [2.24, 2.45) is 5.92 Å². The lowest BCUT2D eigenvalue weighted by molar-refractivity contribution is -0.137. The third-order valence-corrected chi connectivity index (χ3v) is 2.76. The van der Waals surface area contributed by atoms with Gasteiger partial charge in [-0.25, -0.2) is 0 Å². The van der Waals surface area contributed by atoms with Gasteiger partial charge in [0.2, 0.25) is 0 Å². The molecule has 1 aliphatic carbocycles. The molecule has 0 aliphatic heterocycles. The van der Waals surface area contributed by atoms with E-state index in [1.54, 1.807) is 0 Å². The van der Waals surface area contributed by atoms with E-state index in [4.69, 9.17) is 0 Å². The number of phenols is 1. The fourth-order valence-electron chi connectivity index (χ4n) is 1.57. The van der Waals surface area contributed by atoms with Crippen LogP contribution in [0.4, 0.5) is 13.2 Å². The third-order valence-electron chi connectivity index (χ3n) is 2.76. The van der Waals surface area contributed by atoms with Crippen LogP contribution in [0.3, 0.4) is 0 Å². The number of carbonyl (C=O) groups is 1. The minimum Gasteiger partial charge on any atom is -0.508 e. The average molecular weight is 259 g/mol. The molecule has 1 saturated carbocycles. The van der Waals surface area contributed by atoms with E-state index in [0.717, 1.165) is 25.0 Å². The molecule has 1 aromatic rings. The highest BCUT2D eigenvalue weighted by Gasteiger charge is 2.32. The number of benzene rings is 1. The highest BCUT2D eigenvalue weighted by atomic mass is 19.4. The summed E-state index contributed by atoms with van der Waals surface area (Å²) in [5.74, 6) is -0.724. The maximum Gasteiger partial charge on any atom is 0.416 e. The molecular weight excluding hydrogens is 247 g/mol. The molecule has 0 aromatic heterocycles. The Labute approximate surface area is 102 Å². The van der Waals surface area contributed by atoms with Gasteiger partial charge in [0.05, 0.1) is 5.56 Å². The second kappa shape index (κ2) is 4.51. The Bertz CT molecular complexity index is 467. The van der Waals surface area contributed by atoms with E-state index in [1.807, 2.05) is 0 Å². The van der Waals surface area contributed by atoms with Gasteiger partial charge < -0.3 is 10.4 Å². The Hall–Kier alpha value is -1.72. The van der Waals surface area contributed by atoms with E-state index in [9.17, 15) is 23.1 Å². The van der Waals surface area contributed by atoms with Crippen molar-refractivity contribution < 1.29 is 23.1 Å². The number of alkyl halides is 3. The van der Waals surface area contributed by atoms with Gasteiger partial charge in [-0.15, -0.1) is 0 Å². The SMILES string of the molecule is O=C(NCC1CC1)c1cc(O)cc(C(F)(F)F)c1. The molecule has 2 N–H and O–H groups in total. The summed E-state index contributed by atoms with van der Waals surface area (Å²) in [5, 5.41) is 11.8. The summed E-state index contributed by atoms with van der Waals surface area (Å²) in [7, 11) is 0. The number of hydrogen-bond donors (Lipinski definition) is 2. The number of halogens is 3. The molecule has 0 bridgehead atoms. The van der Waals surface area contributed by atoms with Crippen LogP contribution in [0.5, 0.6) is 5.75 Å². The van der Waals surface area contributed by atoms with Crippen LogP contribution in [0.15, 0.2) is 18.2 Å². The van der Waals surface area contributed by atoms with E-state index in [2.05, 4.69) is 5.32 Å². The Morgan fingerprint density at radius 2 is 2.00 bits per heavy atom. The van der Waals surface area contributed by atoms with E-state index >= 15 is 0 Å². The predicted octanol–water partition coefficient (Wildman–Crippen LogP) is 2.55. The van der Waals surface area contributed by atoms with Crippen LogP contribution in [-0.4, -0.2) is 17.6 Å². The number of nitrogens with one attached hydrogen (secondary N) is 1. The molecule has 0 heterocycles. The second-order valence-corrected chi connectivity index (χ2v) is 4.42. The highest BCUT2D eigenvalue weighted by Crippen LogP contribution is 2.32. The lowest BCUT2D eigenvalue weighted by atomic mass is 10.1. The Morgan fingerprint density at radius 3 is 2.56 bits per heavy atom. The number of phenolic OH excluding ortho intramolecular Hbond substituents is 1. The fraction of sp³-hybridized carbons (Fsp3) is 0.417. The summed E-state index contributed by atoms with van der Waals surface area (Å²) in [5.41, 5.74) is -1.21. The maximum absolute atomic E-state index is 12.5. The van der Waals surface area contributed by atoms with Crippen LogP contribution in [0.1, 0.15) is 28.8 Å². The molecule has 1 aliphatic rings. The van der Waals surface area contributed by atoms with Crippen molar-refractivity contribution in [3.63, 3.8) is 0 Å². The molecule has 1 aromatic carbocycles. The lowest BCUT2D eigenvalue weighted by Gasteiger charge is -2.10.